The van der Waals surface area contributed by atoms with Crippen LogP contribution in [-0.2, 0) is 0 Å². The van der Waals surface area contributed by atoms with E-state index in [0.717, 1.165) is 12.3 Å². The Labute approximate surface area is 58.9 Å². The molecule has 0 aromatic heterocycles. The molecule has 0 aliphatic carbocycles. The molecule has 0 nitrogen and oxygen atoms in total. The van der Waals surface area contributed by atoms with Crippen LogP contribution in [0.25, 0.3) is 0 Å². The maximum atomic E-state index is 3.73. The minimum absolute atomic E-state index is 0. The van der Waals surface area contributed by atoms with E-state index < -0.39 is 0 Å². The molecule has 0 unspecified atom stereocenters. The van der Waals surface area contributed by atoms with Crippen LogP contribution in [0.2, 0.25) is 0 Å². The monoisotopic (exact) mass is 92.1 g/mol. The molecule has 38 valence electrons. The van der Waals surface area contributed by atoms with E-state index in [0.29, 0.717) is 0 Å². The maximum Gasteiger partial charge on any atom is 1.00 e. The van der Waals surface area contributed by atoms with Crippen molar-refractivity contribution >= 4 is 0 Å². The molecule has 0 aliphatic heterocycles. The first-order valence-corrected chi connectivity index (χ1v) is 2.56. The molecule has 0 heterocycles. The standard InChI is InChI=1S/C6H13.Li/c1-4-5-6(2)3;/h6H,1,4-5H2,2-3H3;/q-1;+1. The molecular weight excluding hydrogens is 79.0 g/mol. The van der Waals surface area contributed by atoms with Crippen LogP contribution in [0.1, 0.15) is 26.7 Å². The van der Waals surface area contributed by atoms with Gasteiger partial charge in [-0.05, 0) is 5.92 Å². The van der Waals surface area contributed by atoms with Crippen molar-refractivity contribution in [2.75, 3.05) is 0 Å². The van der Waals surface area contributed by atoms with Gasteiger partial charge in [0.2, 0.25) is 0 Å². The predicted molar refractivity (Wildman–Crippen MR) is 29.4 cm³/mol. The van der Waals surface area contributed by atoms with Crippen LogP contribution in [-0.4, -0.2) is 0 Å². The van der Waals surface area contributed by atoms with Crippen molar-refractivity contribution < 1.29 is 18.9 Å². The fraction of sp³-hybridized carbons (Fsp3) is 0.833. The van der Waals surface area contributed by atoms with E-state index in [1.54, 1.807) is 0 Å². The molecule has 0 fully saturated rings. The third kappa shape index (κ3) is 10.8. The molecule has 0 saturated heterocycles. The summed E-state index contributed by atoms with van der Waals surface area (Å²) in [5.74, 6) is 0.836. The van der Waals surface area contributed by atoms with E-state index in [4.69, 9.17) is 0 Å². The van der Waals surface area contributed by atoms with Crippen molar-refractivity contribution in [1.82, 2.24) is 0 Å². The van der Waals surface area contributed by atoms with Gasteiger partial charge in [0.05, 0.1) is 0 Å². The van der Waals surface area contributed by atoms with Crippen LogP contribution in [0.3, 0.4) is 0 Å². The molecule has 0 aromatic rings. The van der Waals surface area contributed by atoms with E-state index in [2.05, 4.69) is 20.8 Å². The molecule has 0 radical (unpaired) electrons. The van der Waals surface area contributed by atoms with Gasteiger partial charge in [-0.3, -0.25) is 0 Å². The topological polar surface area (TPSA) is 0 Å². The Hall–Kier alpha value is 0.597. The van der Waals surface area contributed by atoms with Gasteiger partial charge in [-0.2, -0.15) is 6.42 Å². The zero-order valence-corrected chi connectivity index (χ0v) is 5.70. The first-order valence-electron chi connectivity index (χ1n) is 2.56. The fourth-order valence-electron chi connectivity index (χ4n) is 0.408. The maximum absolute atomic E-state index is 3.73. The molecule has 0 bridgehead atoms. The average molecular weight is 92.1 g/mol. The quantitative estimate of drug-likeness (QED) is 0.311. The molecule has 0 amide bonds. The number of rotatable bonds is 2. The molecule has 0 spiro atoms. The van der Waals surface area contributed by atoms with Crippen molar-refractivity contribution in [3.8, 4) is 0 Å². The predicted octanol–water partition coefficient (Wildman–Crippen LogP) is -0.739. The van der Waals surface area contributed by atoms with E-state index in [9.17, 15) is 0 Å². The van der Waals surface area contributed by atoms with Crippen molar-refractivity contribution in [2.45, 2.75) is 26.7 Å². The van der Waals surface area contributed by atoms with Gasteiger partial charge < -0.3 is 6.92 Å². The van der Waals surface area contributed by atoms with Gasteiger partial charge in [0.25, 0.3) is 0 Å². The Morgan fingerprint density at radius 3 is 1.86 bits per heavy atom. The molecule has 0 saturated carbocycles. The van der Waals surface area contributed by atoms with Crippen molar-refractivity contribution in [1.29, 1.82) is 0 Å². The van der Waals surface area contributed by atoms with E-state index in [-0.39, 0.29) is 18.9 Å². The summed E-state index contributed by atoms with van der Waals surface area (Å²) in [4.78, 5) is 0. The molecule has 0 aromatic carbocycles. The third-order valence-electron chi connectivity index (χ3n) is 0.781. The normalized spacial score (nSPS) is 8.57. The number of hydrogen-bond donors (Lipinski definition) is 0. The zero-order chi connectivity index (χ0) is 4.99. The summed E-state index contributed by atoms with van der Waals surface area (Å²) in [5, 5.41) is 0. The summed E-state index contributed by atoms with van der Waals surface area (Å²) >= 11 is 0. The van der Waals surface area contributed by atoms with Crippen LogP contribution in [0.15, 0.2) is 0 Å². The Morgan fingerprint density at radius 2 is 1.86 bits per heavy atom. The Bertz CT molecular complexity index is 25.4. The molecule has 1 heteroatoms. The first kappa shape index (κ1) is 10.6. The van der Waals surface area contributed by atoms with E-state index in [1.807, 2.05) is 0 Å². The summed E-state index contributed by atoms with van der Waals surface area (Å²) in [7, 11) is 0. The summed E-state index contributed by atoms with van der Waals surface area (Å²) < 4.78 is 0. The van der Waals surface area contributed by atoms with Gasteiger partial charge in [0.1, 0.15) is 0 Å². The van der Waals surface area contributed by atoms with Gasteiger partial charge in [-0.1, -0.05) is 20.3 Å². The summed E-state index contributed by atoms with van der Waals surface area (Å²) in [6.07, 6.45) is 2.34. The Morgan fingerprint density at radius 1 is 1.43 bits per heavy atom. The number of hydrogen-bond acceptors (Lipinski definition) is 0. The SMILES string of the molecule is [CH2-]CCC(C)C.[Li+]. The molecule has 0 atom stereocenters. The van der Waals surface area contributed by atoms with Crippen LogP contribution >= 0.6 is 0 Å². The zero-order valence-electron chi connectivity index (χ0n) is 5.70. The van der Waals surface area contributed by atoms with Crippen molar-refractivity contribution in [3.05, 3.63) is 6.92 Å². The van der Waals surface area contributed by atoms with E-state index in [1.165, 1.54) is 6.42 Å². The van der Waals surface area contributed by atoms with Gasteiger partial charge >= 0.3 is 18.9 Å². The first-order chi connectivity index (χ1) is 2.77. The minimum atomic E-state index is 0. The second kappa shape index (κ2) is 6.60. The summed E-state index contributed by atoms with van der Waals surface area (Å²) in [6.45, 7) is 8.15. The smallest absolute Gasteiger partial charge is 0.343 e. The summed E-state index contributed by atoms with van der Waals surface area (Å²) in [6, 6.07) is 0. The van der Waals surface area contributed by atoms with Gasteiger partial charge in [-0.25, -0.2) is 0 Å². The second-order valence-electron chi connectivity index (χ2n) is 2.04. The Balaban J connectivity index is 0. The molecule has 0 rings (SSSR count). The van der Waals surface area contributed by atoms with Gasteiger partial charge in [0, 0.05) is 0 Å². The van der Waals surface area contributed by atoms with Crippen molar-refractivity contribution in [3.63, 3.8) is 0 Å². The molecular formula is C6H13Li. The minimum Gasteiger partial charge on any atom is -0.343 e. The molecule has 0 aliphatic rings. The molecule has 7 heavy (non-hydrogen) atoms. The third-order valence-corrected chi connectivity index (χ3v) is 0.781. The van der Waals surface area contributed by atoms with Crippen molar-refractivity contribution in [2.24, 2.45) is 5.92 Å². The van der Waals surface area contributed by atoms with Crippen LogP contribution in [0.4, 0.5) is 0 Å². The second-order valence-corrected chi connectivity index (χ2v) is 2.04. The van der Waals surface area contributed by atoms with Crippen LogP contribution < -0.4 is 18.9 Å². The van der Waals surface area contributed by atoms with E-state index >= 15 is 0 Å². The van der Waals surface area contributed by atoms with Gasteiger partial charge in [0.15, 0.2) is 0 Å². The largest absolute Gasteiger partial charge is 1.00 e. The van der Waals surface area contributed by atoms with Crippen LogP contribution in [0, 0.1) is 12.8 Å². The average Bonchev–Trinajstić information content (AvgIpc) is 1.35. The Kier molecular flexibility index (Phi) is 9.95. The van der Waals surface area contributed by atoms with Crippen LogP contribution in [0.5, 0.6) is 0 Å². The van der Waals surface area contributed by atoms with Gasteiger partial charge in [-0.15, -0.1) is 0 Å². The fourth-order valence-corrected chi connectivity index (χ4v) is 0.408. The summed E-state index contributed by atoms with van der Waals surface area (Å²) in [5.41, 5.74) is 0. The molecule has 0 N–H and O–H groups in total.